The molecule has 1 N–H and O–H groups in total. The highest BCUT2D eigenvalue weighted by molar-refractivity contribution is 5.87. The zero-order valence-corrected chi connectivity index (χ0v) is 13.4. The van der Waals surface area contributed by atoms with E-state index >= 15 is 0 Å². The van der Waals surface area contributed by atoms with E-state index in [4.69, 9.17) is 5.11 Å². The number of nitrogens with zero attached hydrogens (tertiary/aromatic N) is 3. The smallest absolute Gasteiger partial charge is 0.335 e. The molecule has 0 aromatic heterocycles. The lowest BCUT2D eigenvalue weighted by molar-refractivity contribution is 0.0696. The molecule has 1 aliphatic heterocycles. The van der Waals surface area contributed by atoms with Gasteiger partial charge in [-0.2, -0.15) is 5.26 Å². The topological polar surface area (TPSA) is 67.6 Å². The Morgan fingerprint density at radius 2 is 1.83 bits per heavy atom. The van der Waals surface area contributed by atoms with Gasteiger partial charge in [0.1, 0.15) is 6.07 Å². The van der Waals surface area contributed by atoms with Crippen molar-refractivity contribution in [2.45, 2.75) is 6.54 Å². The number of carboxylic acid groups (broad SMARTS) is 1. The maximum Gasteiger partial charge on any atom is 0.335 e. The molecule has 24 heavy (non-hydrogen) atoms. The summed E-state index contributed by atoms with van der Waals surface area (Å²) in [5.74, 6) is -0.894. The summed E-state index contributed by atoms with van der Waals surface area (Å²) < 4.78 is 0. The van der Waals surface area contributed by atoms with Crippen LogP contribution in [-0.4, -0.2) is 42.2 Å². The molecule has 3 rings (SSSR count). The monoisotopic (exact) mass is 321 g/mol. The first-order valence-corrected chi connectivity index (χ1v) is 7.96. The lowest BCUT2D eigenvalue weighted by atomic mass is 10.1. The molecular formula is C19H19N3O2. The molecule has 0 spiro atoms. The number of piperazine rings is 1. The van der Waals surface area contributed by atoms with Crippen LogP contribution in [0.3, 0.4) is 0 Å². The van der Waals surface area contributed by atoms with Crippen LogP contribution in [0.2, 0.25) is 0 Å². The van der Waals surface area contributed by atoms with E-state index in [1.807, 2.05) is 30.3 Å². The summed E-state index contributed by atoms with van der Waals surface area (Å²) in [6.45, 7) is 4.23. The predicted molar refractivity (Wildman–Crippen MR) is 92.0 cm³/mol. The van der Waals surface area contributed by atoms with Gasteiger partial charge in [-0.05, 0) is 29.8 Å². The quantitative estimate of drug-likeness (QED) is 0.937. The van der Waals surface area contributed by atoms with Crippen molar-refractivity contribution >= 4 is 11.7 Å². The van der Waals surface area contributed by atoms with Crippen LogP contribution in [-0.2, 0) is 6.54 Å². The van der Waals surface area contributed by atoms with E-state index < -0.39 is 5.97 Å². The van der Waals surface area contributed by atoms with Gasteiger partial charge in [0.05, 0.1) is 16.8 Å². The lowest BCUT2D eigenvalue weighted by Gasteiger charge is -2.36. The van der Waals surface area contributed by atoms with Gasteiger partial charge in [0.15, 0.2) is 0 Å². The van der Waals surface area contributed by atoms with Gasteiger partial charge >= 0.3 is 5.97 Å². The second kappa shape index (κ2) is 7.16. The van der Waals surface area contributed by atoms with Gasteiger partial charge in [-0.25, -0.2) is 4.79 Å². The molecule has 1 aliphatic rings. The first-order valence-electron chi connectivity index (χ1n) is 7.96. The third-order valence-corrected chi connectivity index (χ3v) is 4.32. The van der Waals surface area contributed by atoms with Crippen LogP contribution in [0.5, 0.6) is 0 Å². The normalized spacial score (nSPS) is 15.0. The van der Waals surface area contributed by atoms with Crippen LogP contribution in [0.25, 0.3) is 0 Å². The average Bonchev–Trinajstić information content (AvgIpc) is 2.62. The Hall–Kier alpha value is -2.84. The highest BCUT2D eigenvalue weighted by atomic mass is 16.4. The number of carbonyl (C=O) groups is 1. The molecule has 2 aromatic rings. The molecule has 0 unspecified atom stereocenters. The van der Waals surface area contributed by atoms with E-state index in [1.165, 1.54) is 0 Å². The van der Waals surface area contributed by atoms with Crippen LogP contribution < -0.4 is 4.90 Å². The molecule has 0 bridgehead atoms. The number of carboxylic acids is 1. The van der Waals surface area contributed by atoms with Crippen LogP contribution in [0.4, 0.5) is 5.69 Å². The molecule has 0 aliphatic carbocycles. The summed E-state index contributed by atoms with van der Waals surface area (Å²) >= 11 is 0. The second-order valence-electron chi connectivity index (χ2n) is 5.90. The van der Waals surface area contributed by atoms with E-state index in [0.29, 0.717) is 11.1 Å². The van der Waals surface area contributed by atoms with E-state index in [2.05, 4.69) is 15.9 Å². The molecule has 122 valence electrons. The Morgan fingerprint density at radius 1 is 1.08 bits per heavy atom. The maximum atomic E-state index is 11.1. The zero-order chi connectivity index (χ0) is 16.9. The Bertz CT molecular complexity index is 774. The molecule has 1 fully saturated rings. The molecule has 0 atom stereocenters. The van der Waals surface area contributed by atoms with Crippen LogP contribution in [0.1, 0.15) is 21.5 Å². The van der Waals surface area contributed by atoms with Crippen LogP contribution >= 0.6 is 0 Å². The fraction of sp³-hybridized carbons (Fsp3) is 0.263. The van der Waals surface area contributed by atoms with Crippen LogP contribution in [0.15, 0.2) is 48.5 Å². The van der Waals surface area contributed by atoms with Crippen molar-refractivity contribution in [3.8, 4) is 6.07 Å². The number of aromatic carboxylic acids is 1. The number of benzene rings is 2. The average molecular weight is 321 g/mol. The minimum atomic E-state index is -0.894. The van der Waals surface area contributed by atoms with Gasteiger partial charge in [-0.15, -0.1) is 0 Å². The molecule has 0 amide bonds. The molecule has 0 radical (unpaired) electrons. The summed E-state index contributed by atoms with van der Waals surface area (Å²) in [5.41, 5.74) is 3.04. The van der Waals surface area contributed by atoms with Crippen molar-refractivity contribution in [2.24, 2.45) is 0 Å². The van der Waals surface area contributed by atoms with Gasteiger partial charge in [-0.3, -0.25) is 4.90 Å². The summed E-state index contributed by atoms with van der Waals surface area (Å²) in [6, 6.07) is 17.0. The van der Waals surface area contributed by atoms with Crippen molar-refractivity contribution in [3.63, 3.8) is 0 Å². The van der Waals surface area contributed by atoms with Gasteiger partial charge in [-0.1, -0.05) is 24.3 Å². The number of hydrogen-bond acceptors (Lipinski definition) is 4. The second-order valence-corrected chi connectivity index (χ2v) is 5.90. The van der Waals surface area contributed by atoms with Crippen molar-refractivity contribution in [1.82, 2.24) is 4.90 Å². The van der Waals surface area contributed by atoms with E-state index in [-0.39, 0.29) is 0 Å². The Balaban J connectivity index is 1.62. The summed E-state index contributed by atoms with van der Waals surface area (Å²) in [5, 5.41) is 18.3. The highest BCUT2D eigenvalue weighted by Crippen LogP contribution is 2.21. The Morgan fingerprint density at radius 3 is 2.54 bits per heavy atom. The standard InChI is InChI=1S/C19H19N3O2/c20-13-17-5-1-2-7-18(17)22-10-8-21(9-11-22)14-15-4-3-6-16(12-15)19(23)24/h1-7,12H,8-11,14H2,(H,23,24). The number of para-hydroxylation sites is 1. The van der Waals surface area contributed by atoms with Gasteiger partial charge in [0, 0.05) is 32.7 Å². The van der Waals surface area contributed by atoms with E-state index in [9.17, 15) is 10.1 Å². The predicted octanol–water partition coefficient (Wildman–Crippen LogP) is 2.58. The molecule has 2 aromatic carbocycles. The number of hydrogen-bond donors (Lipinski definition) is 1. The highest BCUT2D eigenvalue weighted by Gasteiger charge is 2.19. The first-order chi connectivity index (χ1) is 11.7. The largest absolute Gasteiger partial charge is 0.478 e. The van der Waals surface area contributed by atoms with Crippen molar-refractivity contribution in [2.75, 3.05) is 31.1 Å². The third kappa shape index (κ3) is 3.55. The summed E-state index contributed by atoms with van der Waals surface area (Å²) in [6.07, 6.45) is 0. The number of anilines is 1. The van der Waals surface area contributed by atoms with E-state index in [0.717, 1.165) is 44.0 Å². The molecule has 5 nitrogen and oxygen atoms in total. The minimum Gasteiger partial charge on any atom is -0.478 e. The SMILES string of the molecule is N#Cc1ccccc1N1CCN(Cc2cccc(C(=O)O)c2)CC1. The maximum absolute atomic E-state index is 11.1. The van der Waals surface area contributed by atoms with Crippen molar-refractivity contribution < 1.29 is 9.90 Å². The molecular weight excluding hydrogens is 302 g/mol. The van der Waals surface area contributed by atoms with Gasteiger partial charge in [0.2, 0.25) is 0 Å². The Labute approximate surface area is 141 Å². The van der Waals surface area contributed by atoms with Crippen molar-refractivity contribution in [3.05, 3.63) is 65.2 Å². The summed E-state index contributed by atoms with van der Waals surface area (Å²) in [7, 11) is 0. The molecule has 5 heteroatoms. The zero-order valence-electron chi connectivity index (χ0n) is 13.4. The third-order valence-electron chi connectivity index (χ3n) is 4.32. The Kier molecular flexibility index (Phi) is 4.78. The summed E-state index contributed by atoms with van der Waals surface area (Å²) in [4.78, 5) is 15.6. The first kappa shape index (κ1) is 16.0. The molecule has 1 heterocycles. The fourth-order valence-corrected chi connectivity index (χ4v) is 3.05. The minimum absolute atomic E-state index is 0.328. The lowest BCUT2D eigenvalue weighted by Crippen LogP contribution is -2.46. The number of rotatable bonds is 4. The molecule has 0 saturated carbocycles. The molecule has 1 saturated heterocycles. The van der Waals surface area contributed by atoms with Crippen LogP contribution in [0, 0.1) is 11.3 Å². The van der Waals surface area contributed by atoms with E-state index in [1.54, 1.807) is 18.2 Å². The number of nitriles is 1. The fourth-order valence-electron chi connectivity index (χ4n) is 3.05. The van der Waals surface area contributed by atoms with Gasteiger partial charge < -0.3 is 10.0 Å². The van der Waals surface area contributed by atoms with Crippen molar-refractivity contribution in [1.29, 1.82) is 5.26 Å². The van der Waals surface area contributed by atoms with Gasteiger partial charge in [0.25, 0.3) is 0 Å².